The second-order valence-corrected chi connectivity index (χ2v) is 4.10. The molecule has 0 amide bonds. The van der Waals surface area contributed by atoms with Gasteiger partial charge in [-0.05, 0) is 24.6 Å². The second-order valence-electron chi connectivity index (χ2n) is 4.10. The molecular formula is C11H20N4. The fraction of sp³-hybridized carbons (Fsp3) is 0.636. The predicted molar refractivity (Wildman–Crippen MR) is 61.7 cm³/mol. The van der Waals surface area contributed by atoms with Gasteiger partial charge in [0.2, 0.25) is 0 Å². The highest BCUT2D eigenvalue weighted by Gasteiger charge is 2.10. The first-order valence-corrected chi connectivity index (χ1v) is 5.68. The van der Waals surface area contributed by atoms with Gasteiger partial charge in [-0.1, -0.05) is 0 Å². The van der Waals surface area contributed by atoms with Gasteiger partial charge < -0.3 is 16.0 Å². The van der Waals surface area contributed by atoms with Crippen molar-refractivity contribution in [2.75, 3.05) is 32.7 Å². The predicted octanol–water partition coefficient (Wildman–Crippen LogP) is -0.0789. The minimum absolute atomic E-state index is 0.716. The Balaban J connectivity index is 1.86. The van der Waals surface area contributed by atoms with E-state index in [1.54, 1.807) is 0 Å². The Bertz CT molecular complexity index is 289. The van der Waals surface area contributed by atoms with Crippen molar-refractivity contribution in [3.63, 3.8) is 0 Å². The summed E-state index contributed by atoms with van der Waals surface area (Å²) in [5, 5.41) is 3.36. The largest absolute Gasteiger partial charge is 0.365 e. The smallest absolute Gasteiger partial charge is 0.0249 e. The van der Waals surface area contributed by atoms with Crippen LogP contribution in [-0.2, 0) is 13.0 Å². The molecule has 4 nitrogen and oxygen atoms in total. The van der Waals surface area contributed by atoms with Crippen LogP contribution in [0.4, 0.5) is 0 Å². The second kappa shape index (κ2) is 5.30. The SMILES string of the molecule is NCCc1cc(CN2CCNCC2)c[nH]1. The van der Waals surface area contributed by atoms with Crippen molar-refractivity contribution in [1.82, 2.24) is 15.2 Å². The van der Waals surface area contributed by atoms with Crippen molar-refractivity contribution in [2.45, 2.75) is 13.0 Å². The molecule has 1 aromatic rings. The van der Waals surface area contributed by atoms with Gasteiger partial charge in [0.15, 0.2) is 0 Å². The number of nitrogens with two attached hydrogens (primary N) is 1. The van der Waals surface area contributed by atoms with Gasteiger partial charge in [-0.2, -0.15) is 0 Å². The van der Waals surface area contributed by atoms with E-state index >= 15 is 0 Å². The zero-order chi connectivity index (χ0) is 10.5. The van der Waals surface area contributed by atoms with Crippen molar-refractivity contribution in [3.8, 4) is 0 Å². The van der Waals surface area contributed by atoms with Crippen molar-refractivity contribution in [1.29, 1.82) is 0 Å². The van der Waals surface area contributed by atoms with Crippen LogP contribution in [0.1, 0.15) is 11.3 Å². The van der Waals surface area contributed by atoms with Crippen LogP contribution in [-0.4, -0.2) is 42.6 Å². The first-order chi connectivity index (χ1) is 7.38. The number of H-pyrrole nitrogens is 1. The van der Waals surface area contributed by atoms with Crippen molar-refractivity contribution in [2.24, 2.45) is 5.73 Å². The third-order valence-corrected chi connectivity index (χ3v) is 2.83. The average Bonchev–Trinajstić information content (AvgIpc) is 2.68. The number of nitrogens with one attached hydrogen (secondary N) is 2. The van der Waals surface area contributed by atoms with Gasteiger partial charge in [0.25, 0.3) is 0 Å². The zero-order valence-electron chi connectivity index (χ0n) is 9.13. The lowest BCUT2D eigenvalue weighted by atomic mass is 10.2. The standard InChI is InChI=1S/C11H20N4/c12-2-1-11-7-10(8-14-11)9-15-5-3-13-4-6-15/h7-8,13-14H,1-6,9,12H2. The van der Waals surface area contributed by atoms with Crippen LogP contribution < -0.4 is 11.1 Å². The molecule has 2 heterocycles. The fourth-order valence-electron chi connectivity index (χ4n) is 2.01. The van der Waals surface area contributed by atoms with Gasteiger partial charge in [-0.25, -0.2) is 0 Å². The maximum atomic E-state index is 5.52. The molecule has 84 valence electrons. The monoisotopic (exact) mass is 208 g/mol. The molecule has 0 atom stereocenters. The number of hydrogen-bond acceptors (Lipinski definition) is 3. The van der Waals surface area contributed by atoms with E-state index in [0.29, 0.717) is 6.54 Å². The molecule has 2 rings (SSSR count). The van der Waals surface area contributed by atoms with Crippen molar-refractivity contribution >= 4 is 0 Å². The first kappa shape index (κ1) is 10.7. The normalized spacial score (nSPS) is 18.2. The third-order valence-electron chi connectivity index (χ3n) is 2.83. The molecule has 1 aromatic heterocycles. The van der Waals surface area contributed by atoms with E-state index in [4.69, 9.17) is 5.73 Å². The van der Waals surface area contributed by atoms with Crippen LogP contribution in [0.5, 0.6) is 0 Å². The first-order valence-electron chi connectivity index (χ1n) is 5.68. The highest BCUT2D eigenvalue weighted by atomic mass is 15.2. The highest BCUT2D eigenvalue weighted by Crippen LogP contribution is 2.08. The summed E-state index contributed by atoms with van der Waals surface area (Å²) in [7, 11) is 0. The molecule has 1 aliphatic rings. The van der Waals surface area contributed by atoms with Crippen molar-refractivity contribution < 1.29 is 0 Å². The number of aromatic nitrogens is 1. The third kappa shape index (κ3) is 3.06. The Labute approximate surface area is 90.8 Å². The summed E-state index contributed by atoms with van der Waals surface area (Å²) in [5.41, 5.74) is 8.14. The van der Waals surface area contributed by atoms with Gasteiger partial charge in [-0.15, -0.1) is 0 Å². The molecule has 15 heavy (non-hydrogen) atoms. The zero-order valence-corrected chi connectivity index (χ0v) is 9.13. The number of rotatable bonds is 4. The molecule has 0 spiro atoms. The lowest BCUT2D eigenvalue weighted by Gasteiger charge is -2.26. The van der Waals surface area contributed by atoms with E-state index in [9.17, 15) is 0 Å². The summed E-state index contributed by atoms with van der Waals surface area (Å²) in [6.07, 6.45) is 3.05. The summed E-state index contributed by atoms with van der Waals surface area (Å²) in [4.78, 5) is 5.75. The van der Waals surface area contributed by atoms with Crippen LogP contribution in [0.2, 0.25) is 0 Å². The van der Waals surface area contributed by atoms with Crippen LogP contribution >= 0.6 is 0 Å². The molecule has 4 N–H and O–H groups in total. The summed E-state index contributed by atoms with van der Waals surface area (Å²) < 4.78 is 0. The molecule has 1 saturated heterocycles. The number of piperazine rings is 1. The molecule has 0 radical (unpaired) electrons. The van der Waals surface area contributed by atoms with Gasteiger partial charge >= 0.3 is 0 Å². The van der Waals surface area contributed by atoms with Crippen LogP contribution in [0.15, 0.2) is 12.3 Å². The number of hydrogen-bond donors (Lipinski definition) is 3. The van der Waals surface area contributed by atoms with Crippen LogP contribution in [0, 0.1) is 0 Å². The lowest BCUT2D eigenvalue weighted by Crippen LogP contribution is -2.42. The Morgan fingerprint density at radius 2 is 2.13 bits per heavy atom. The van der Waals surface area contributed by atoms with Gasteiger partial charge in [0, 0.05) is 44.6 Å². The van der Waals surface area contributed by atoms with Gasteiger partial charge in [0.05, 0.1) is 0 Å². The molecule has 0 aromatic carbocycles. The molecule has 1 fully saturated rings. The topological polar surface area (TPSA) is 57.1 Å². The van der Waals surface area contributed by atoms with Gasteiger partial charge in [-0.3, -0.25) is 4.90 Å². The van der Waals surface area contributed by atoms with E-state index in [-0.39, 0.29) is 0 Å². The van der Waals surface area contributed by atoms with E-state index in [1.807, 2.05) is 0 Å². The summed E-state index contributed by atoms with van der Waals surface area (Å²) in [6, 6.07) is 2.23. The summed E-state index contributed by atoms with van der Waals surface area (Å²) in [6.45, 7) is 6.30. The molecule has 0 saturated carbocycles. The minimum atomic E-state index is 0.716. The molecule has 0 aliphatic carbocycles. The molecule has 4 heteroatoms. The maximum Gasteiger partial charge on any atom is 0.0249 e. The molecule has 0 unspecified atom stereocenters. The Hall–Kier alpha value is -0.840. The average molecular weight is 208 g/mol. The van der Waals surface area contributed by atoms with E-state index in [1.165, 1.54) is 11.3 Å². The quantitative estimate of drug-likeness (QED) is 0.649. The van der Waals surface area contributed by atoms with Crippen LogP contribution in [0.25, 0.3) is 0 Å². The van der Waals surface area contributed by atoms with E-state index in [2.05, 4.69) is 27.5 Å². The molecular weight excluding hydrogens is 188 g/mol. The van der Waals surface area contributed by atoms with E-state index in [0.717, 1.165) is 39.1 Å². The lowest BCUT2D eigenvalue weighted by molar-refractivity contribution is 0.233. The number of nitrogens with zero attached hydrogens (tertiary/aromatic N) is 1. The summed E-state index contributed by atoms with van der Waals surface area (Å²) >= 11 is 0. The minimum Gasteiger partial charge on any atom is -0.365 e. The van der Waals surface area contributed by atoms with Crippen molar-refractivity contribution in [3.05, 3.63) is 23.5 Å². The highest BCUT2D eigenvalue weighted by molar-refractivity contribution is 5.17. The summed E-state index contributed by atoms with van der Waals surface area (Å²) in [5.74, 6) is 0. The Morgan fingerprint density at radius 3 is 2.87 bits per heavy atom. The number of aromatic amines is 1. The van der Waals surface area contributed by atoms with Crippen LogP contribution in [0.3, 0.4) is 0 Å². The Kier molecular flexibility index (Phi) is 3.77. The van der Waals surface area contributed by atoms with E-state index < -0.39 is 0 Å². The Morgan fingerprint density at radius 1 is 1.33 bits per heavy atom. The maximum absolute atomic E-state index is 5.52. The molecule has 0 bridgehead atoms. The molecule has 1 aliphatic heterocycles. The fourth-order valence-corrected chi connectivity index (χ4v) is 2.01. The van der Waals surface area contributed by atoms with Gasteiger partial charge in [0.1, 0.15) is 0 Å².